The van der Waals surface area contributed by atoms with Gasteiger partial charge in [-0.05, 0) is 36.2 Å². The highest BCUT2D eigenvalue weighted by molar-refractivity contribution is 5.31. The summed E-state index contributed by atoms with van der Waals surface area (Å²) in [5.41, 5.74) is 8.18. The maximum absolute atomic E-state index is 9.48. The van der Waals surface area contributed by atoms with Crippen LogP contribution in [0.4, 0.5) is 0 Å². The highest BCUT2D eigenvalue weighted by Crippen LogP contribution is 2.22. The van der Waals surface area contributed by atoms with Gasteiger partial charge in [0.2, 0.25) is 0 Å². The van der Waals surface area contributed by atoms with Gasteiger partial charge in [-0.3, -0.25) is 0 Å². The minimum Gasteiger partial charge on any atom is -0.508 e. The van der Waals surface area contributed by atoms with Crippen molar-refractivity contribution in [3.63, 3.8) is 0 Å². The lowest BCUT2D eigenvalue weighted by molar-refractivity contribution is 0.473. The van der Waals surface area contributed by atoms with E-state index in [1.807, 2.05) is 30.3 Å². The summed E-state index contributed by atoms with van der Waals surface area (Å²) in [7, 11) is 0. The number of hydrogen-bond donors (Lipinski definition) is 2. The summed E-state index contributed by atoms with van der Waals surface area (Å²) in [5, 5.41) is 9.48. The van der Waals surface area contributed by atoms with Crippen molar-refractivity contribution in [2.24, 2.45) is 5.73 Å². The molecule has 0 bridgehead atoms. The fourth-order valence-electron chi connectivity index (χ4n) is 2.01. The molecule has 1 atom stereocenters. The molecule has 88 valence electrons. The van der Waals surface area contributed by atoms with Gasteiger partial charge in [-0.2, -0.15) is 0 Å². The molecule has 0 saturated carbocycles. The van der Waals surface area contributed by atoms with Gasteiger partial charge in [0.1, 0.15) is 5.75 Å². The van der Waals surface area contributed by atoms with Crippen LogP contribution in [0.5, 0.6) is 5.75 Å². The summed E-state index contributed by atoms with van der Waals surface area (Å²) in [6.07, 6.45) is 0.904. The van der Waals surface area contributed by atoms with Crippen LogP contribution in [-0.2, 0) is 6.42 Å². The average Bonchev–Trinajstić information content (AvgIpc) is 2.37. The maximum Gasteiger partial charge on any atom is 0.115 e. The molecule has 0 saturated heterocycles. The van der Waals surface area contributed by atoms with E-state index < -0.39 is 0 Å². The molecular formula is C15H17NO. The van der Waals surface area contributed by atoms with Crippen molar-refractivity contribution in [2.45, 2.75) is 12.3 Å². The second-order valence-corrected chi connectivity index (χ2v) is 4.22. The molecule has 2 nitrogen and oxygen atoms in total. The van der Waals surface area contributed by atoms with Crippen molar-refractivity contribution in [1.82, 2.24) is 0 Å². The fourth-order valence-corrected chi connectivity index (χ4v) is 2.01. The van der Waals surface area contributed by atoms with E-state index in [9.17, 15) is 5.11 Å². The van der Waals surface area contributed by atoms with E-state index >= 15 is 0 Å². The number of phenolic OH excluding ortho intramolecular Hbond substituents is 1. The number of hydrogen-bond acceptors (Lipinski definition) is 2. The molecule has 0 heterocycles. The maximum atomic E-state index is 9.48. The summed E-state index contributed by atoms with van der Waals surface area (Å²) in [6.45, 7) is 0.582. The first kappa shape index (κ1) is 11.7. The van der Waals surface area contributed by atoms with Crippen LogP contribution in [0.15, 0.2) is 54.6 Å². The summed E-state index contributed by atoms with van der Waals surface area (Å²) >= 11 is 0. The Hall–Kier alpha value is -1.80. The Labute approximate surface area is 102 Å². The summed E-state index contributed by atoms with van der Waals surface area (Å²) in [6, 6.07) is 17.6. The van der Waals surface area contributed by atoms with Crippen molar-refractivity contribution in [1.29, 1.82) is 0 Å². The lowest BCUT2D eigenvalue weighted by atomic mass is 9.92. The molecule has 0 fully saturated rings. The zero-order valence-corrected chi connectivity index (χ0v) is 9.71. The van der Waals surface area contributed by atoms with Crippen LogP contribution in [0.3, 0.4) is 0 Å². The smallest absolute Gasteiger partial charge is 0.115 e. The molecule has 2 aromatic rings. The largest absolute Gasteiger partial charge is 0.508 e. The van der Waals surface area contributed by atoms with Gasteiger partial charge in [0, 0.05) is 5.92 Å². The predicted octanol–water partition coefficient (Wildman–Crippen LogP) is 2.68. The molecule has 2 aromatic carbocycles. The summed E-state index contributed by atoms with van der Waals surface area (Å²) < 4.78 is 0. The first-order valence-electron chi connectivity index (χ1n) is 5.82. The number of aromatic hydroxyl groups is 1. The highest BCUT2D eigenvalue weighted by Gasteiger charge is 2.10. The van der Waals surface area contributed by atoms with E-state index in [1.54, 1.807) is 12.1 Å². The third kappa shape index (κ3) is 3.08. The third-order valence-electron chi connectivity index (χ3n) is 2.95. The van der Waals surface area contributed by atoms with Crippen molar-refractivity contribution in [2.75, 3.05) is 6.54 Å². The molecular weight excluding hydrogens is 210 g/mol. The molecule has 0 aliphatic rings. The predicted molar refractivity (Wildman–Crippen MR) is 70.0 cm³/mol. The first-order chi connectivity index (χ1) is 8.29. The second-order valence-electron chi connectivity index (χ2n) is 4.22. The molecule has 0 amide bonds. The molecule has 17 heavy (non-hydrogen) atoms. The Morgan fingerprint density at radius 1 is 1.00 bits per heavy atom. The highest BCUT2D eigenvalue weighted by atomic mass is 16.3. The molecule has 3 N–H and O–H groups in total. The van der Waals surface area contributed by atoms with Gasteiger partial charge in [0.15, 0.2) is 0 Å². The first-order valence-corrected chi connectivity index (χ1v) is 5.82. The van der Waals surface area contributed by atoms with E-state index in [1.165, 1.54) is 5.56 Å². The van der Waals surface area contributed by atoms with Crippen LogP contribution in [-0.4, -0.2) is 11.7 Å². The van der Waals surface area contributed by atoms with Crippen LogP contribution in [0, 0.1) is 0 Å². The molecule has 0 radical (unpaired) electrons. The number of rotatable bonds is 4. The van der Waals surface area contributed by atoms with Crippen molar-refractivity contribution < 1.29 is 5.11 Å². The summed E-state index contributed by atoms with van der Waals surface area (Å²) in [4.78, 5) is 0. The Morgan fingerprint density at radius 3 is 2.41 bits per heavy atom. The van der Waals surface area contributed by atoms with Gasteiger partial charge in [0.25, 0.3) is 0 Å². The van der Waals surface area contributed by atoms with E-state index in [4.69, 9.17) is 5.73 Å². The van der Waals surface area contributed by atoms with Crippen molar-refractivity contribution >= 4 is 0 Å². The summed E-state index contributed by atoms with van der Waals surface area (Å²) in [5.74, 6) is 0.554. The van der Waals surface area contributed by atoms with Crippen LogP contribution in [0.1, 0.15) is 17.0 Å². The average molecular weight is 227 g/mol. The zero-order chi connectivity index (χ0) is 12.1. The van der Waals surface area contributed by atoms with E-state index in [0.29, 0.717) is 12.3 Å². The molecule has 2 heteroatoms. The van der Waals surface area contributed by atoms with Gasteiger partial charge in [-0.15, -0.1) is 0 Å². The topological polar surface area (TPSA) is 46.2 Å². The monoisotopic (exact) mass is 227 g/mol. The Balaban J connectivity index is 2.17. The molecule has 0 aliphatic carbocycles. The van der Waals surface area contributed by atoms with Gasteiger partial charge < -0.3 is 10.8 Å². The van der Waals surface area contributed by atoms with Crippen LogP contribution >= 0.6 is 0 Å². The third-order valence-corrected chi connectivity index (χ3v) is 2.95. The standard InChI is InChI=1S/C15H17NO/c16-11-14(9-12-5-2-1-3-6-12)13-7-4-8-15(17)10-13/h1-8,10,14,17H,9,11,16H2. The number of benzene rings is 2. The Bertz CT molecular complexity index is 467. The lowest BCUT2D eigenvalue weighted by Crippen LogP contribution is -2.14. The number of phenols is 1. The van der Waals surface area contributed by atoms with Crippen LogP contribution in [0.2, 0.25) is 0 Å². The van der Waals surface area contributed by atoms with Gasteiger partial charge >= 0.3 is 0 Å². The minimum absolute atomic E-state index is 0.254. The minimum atomic E-state index is 0.254. The van der Waals surface area contributed by atoms with Crippen LogP contribution in [0.25, 0.3) is 0 Å². The van der Waals surface area contributed by atoms with E-state index in [0.717, 1.165) is 12.0 Å². The van der Waals surface area contributed by atoms with Gasteiger partial charge in [-0.25, -0.2) is 0 Å². The SMILES string of the molecule is NCC(Cc1ccccc1)c1cccc(O)c1. The molecule has 2 rings (SSSR count). The zero-order valence-electron chi connectivity index (χ0n) is 9.71. The molecule has 0 spiro atoms. The van der Waals surface area contributed by atoms with E-state index in [2.05, 4.69) is 12.1 Å². The normalized spacial score (nSPS) is 12.3. The van der Waals surface area contributed by atoms with E-state index in [-0.39, 0.29) is 5.92 Å². The second kappa shape index (κ2) is 5.51. The van der Waals surface area contributed by atoms with Gasteiger partial charge in [-0.1, -0.05) is 42.5 Å². The van der Waals surface area contributed by atoms with Crippen molar-refractivity contribution in [3.8, 4) is 5.75 Å². The quantitative estimate of drug-likeness (QED) is 0.843. The fraction of sp³-hybridized carbons (Fsp3) is 0.200. The lowest BCUT2D eigenvalue weighted by Gasteiger charge is -2.15. The van der Waals surface area contributed by atoms with Crippen molar-refractivity contribution in [3.05, 3.63) is 65.7 Å². The molecule has 0 aromatic heterocycles. The molecule has 0 aliphatic heterocycles. The number of nitrogens with two attached hydrogens (primary N) is 1. The molecule has 1 unspecified atom stereocenters. The Morgan fingerprint density at radius 2 is 1.76 bits per heavy atom. The van der Waals surface area contributed by atoms with Gasteiger partial charge in [0.05, 0.1) is 0 Å². The Kier molecular flexibility index (Phi) is 3.78. The van der Waals surface area contributed by atoms with Crippen LogP contribution < -0.4 is 5.73 Å².